The van der Waals surface area contributed by atoms with Gasteiger partial charge in [-0.25, -0.2) is 0 Å². The lowest BCUT2D eigenvalue weighted by Gasteiger charge is -2.03. The Hall–Kier alpha value is -1.38. The molecule has 3 nitrogen and oxygen atoms in total. The summed E-state index contributed by atoms with van der Waals surface area (Å²) in [6.45, 7) is 8.25. The third kappa shape index (κ3) is 5.15. The Bertz CT molecular complexity index is 291. The lowest BCUT2D eigenvalue weighted by atomic mass is 10.0. The second-order valence-electron chi connectivity index (χ2n) is 3.52. The molecule has 0 N–H and O–H groups in total. The maximum atomic E-state index is 10.3. The van der Waals surface area contributed by atoms with E-state index in [0.29, 0.717) is 5.92 Å². The summed E-state index contributed by atoms with van der Waals surface area (Å²) in [6, 6.07) is 6.74. The fourth-order valence-electron chi connectivity index (χ4n) is 1.23. The standard InChI is InChI=1S/C10H13NO2.C2H6/c1-8(2)7-9-3-5-10(6-4-9)11(12)13;1-2/h3-6,8H,7H2,1-2H3;1-2H3. The van der Waals surface area contributed by atoms with Crippen molar-refractivity contribution >= 4 is 5.69 Å². The van der Waals surface area contributed by atoms with Crippen molar-refractivity contribution < 1.29 is 4.92 Å². The zero-order valence-electron chi connectivity index (χ0n) is 9.86. The van der Waals surface area contributed by atoms with Gasteiger partial charge in [0.1, 0.15) is 0 Å². The van der Waals surface area contributed by atoms with Crippen molar-refractivity contribution in [3.05, 3.63) is 39.9 Å². The van der Waals surface area contributed by atoms with E-state index in [1.165, 1.54) is 0 Å². The molecule has 0 aliphatic rings. The van der Waals surface area contributed by atoms with Gasteiger partial charge in [0.2, 0.25) is 0 Å². The Morgan fingerprint density at radius 3 is 2.00 bits per heavy atom. The molecular weight excluding hydrogens is 190 g/mol. The van der Waals surface area contributed by atoms with Gasteiger partial charge in [-0.05, 0) is 17.9 Å². The number of benzene rings is 1. The number of non-ortho nitro benzene ring substituents is 1. The van der Waals surface area contributed by atoms with Gasteiger partial charge in [0.25, 0.3) is 5.69 Å². The highest BCUT2D eigenvalue weighted by Gasteiger charge is 2.04. The minimum Gasteiger partial charge on any atom is -0.258 e. The molecule has 0 atom stereocenters. The van der Waals surface area contributed by atoms with Crippen LogP contribution in [0.2, 0.25) is 0 Å². The Morgan fingerprint density at radius 1 is 1.20 bits per heavy atom. The van der Waals surface area contributed by atoms with Crippen LogP contribution in [0.5, 0.6) is 0 Å². The zero-order valence-corrected chi connectivity index (χ0v) is 9.86. The summed E-state index contributed by atoms with van der Waals surface area (Å²) in [5.41, 5.74) is 1.31. The summed E-state index contributed by atoms with van der Waals surface area (Å²) >= 11 is 0. The van der Waals surface area contributed by atoms with Gasteiger partial charge >= 0.3 is 0 Å². The van der Waals surface area contributed by atoms with Gasteiger partial charge in [-0.1, -0.05) is 39.8 Å². The van der Waals surface area contributed by atoms with E-state index in [2.05, 4.69) is 13.8 Å². The summed E-state index contributed by atoms with van der Waals surface area (Å²) in [6.07, 6.45) is 0.970. The maximum Gasteiger partial charge on any atom is 0.269 e. The van der Waals surface area contributed by atoms with Crippen LogP contribution in [0, 0.1) is 16.0 Å². The summed E-state index contributed by atoms with van der Waals surface area (Å²) in [5, 5.41) is 10.3. The van der Waals surface area contributed by atoms with E-state index in [4.69, 9.17) is 0 Å². The fourth-order valence-corrected chi connectivity index (χ4v) is 1.23. The van der Waals surface area contributed by atoms with Crippen molar-refractivity contribution in [2.45, 2.75) is 34.1 Å². The number of nitro groups is 1. The van der Waals surface area contributed by atoms with E-state index in [9.17, 15) is 10.1 Å². The first-order chi connectivity index (χ1) is 7.09. The molecule has 0 saturated heterocycles. The molecular formula is C12H19NO2. The highest BCUT2D eigenvalue weighted by atomic mass is 16.6. The SMILES string of the molecule is CC.CC(C)Cc1ccc([N+](=O)[O-])cc1. The molecule has 0 heterocycles. The second kappa shape index (κ2) is 6.98. The van der Waals surface area contributed by atoms with Crippen LogP contribution >= 0.6 is 0 Å². The molecule has 0 saturated carbocycles. The van der Waals surface area contributed by atoms with E-state index < -0.39 is 0 Å². The highest BCUT2D eigenvalue weighted by molar-refractivity contribution is 5.32. The van der Waals surface area contributed by atoms with E-state index in [1.54, 1.807) is 12.1 Å². The van der Waals surface area contributed by atoms with Gasteiger partial charge in [0, 0.05) is 12.1 Å². The van der Waals surface area contributed by atoms with Crippen LogP contribution in [-0.2, 0) is 6.42 Å². The van der Waals surface area contributed by atoms with Crippen LogP contribution in [0.1, 0.15) is 33.3 Å². The fraction of sp³-hybridized carbons (Fsp3) is 0.500. The Balaban J connectivity index is 0.000000921. The third-order valence-corrected chi connectivity index (χ3v) is 1.79. The summed E-state index contributed by atoms with van der Waals surface area (Å²) in [5.74, 6) is 0.585. The zero-order chi connectivity index (χ0) is 11.8. The van der Waals surface area contributed by atoms with Gasteiger partial charge in [-0.2, -0.15) is 0 Å². The van der Waals surface area contributed by atoms with Crippen LogP contribution in [0.4, 0.5) is 5.69 Å². The minimum atomic E-state index is -0.376. The molecule has 1 aromatic carbocycles. The largest absolute Gasteiger partial charge is 0.269 e. The van der Waals surface area contributed by atoms with Gasteiger partial charge in [-0.15, -0.1) is 0 Å². The molecule has 15 heavy (non-hydrogen) atoms. The highest BCUT2D eigenvalue weighted by Crippen LogP contribution is 2.14. The van der Waals surface area contributed by atoms with Crippen LogP contribution in [-0.4, -0.2) is 4.92 Å². The predicted octanol–water partition coefficient (Wildman–Crippen LogP) is 3.82. The third-order valence-electron chi connectivity index (χ3n) is 1.79. The van der Waals surface area contributed by atoms with Crippen LogP contribution in [0.3, 0.4) is 0 Å². The van der Waals surface area contributed by atoms with Crippen molar-refractivity contribution in [1.82, 2.24) is 0 Å². The van der Waals surface area contributed by atoms with Crippen molar-refractivity contribution in [2.75, 3.05) is 0 Å². The number of nitro benzene ring substituents is 1. The number of hydrogen-bond acceptors (Lipinski definition) is 2. The molecule has 0 aliphatic carbocycles. The first-order valence-corrected chi connectivity index (χ1v) is 5.33. The van der Waals surface area contributed by atoms with Gasteiger partial charge in [0.05, 0.1) is 4.92 Å². The van der Waals surface area contributed by atoms with Crippen molar-refractivity contribution in [3.63, 3.8) is 0 Å². The van der Waals surface area contributed by atoms with Gasteiger partial charge < -0.3 is 0 Å². The molecule has 0 aliphatic heterocycles. The summed E-state index contributed by atoms with van der Waals surface area (Å²) < 4.78 is 0. The van der Waals surface area contributed by atoms with Crippen LogP contribution in [0.25, 0.3) is 0 Å². The normalized spacial score (nSPS) is 9.40. The number of nitrogens with zero attached hydrogens (tertiary/aromatic N) is 1. The molecule has 0 fully saturated rings. The van der Waals surface area contributed by atoms with Crippen LogP contribution in [0.15, 0.2) is 24.3 Å². The number of rotatable bonds is 3. The Labute approximate surface area is 91.3 Å². The van der Waals surface area contributed by atoms with E-state index in [1.807, 2.05) is 26.0 Å². The number of hydrogen-bond donors (Lipinski definition) is 0. The summed E-state index contributed by atoms with van der Waals surface area (Å²) in [7, 11) is 0. The molecule has 0 bridgehead atoms. The monoisotopic (exact) mass is 209 g/mol. The molecule has 0 radical (unpaired) electrons. The van der Waals surface area contributed by atoms with Crippen molar-refractivity contribution in [1.29, 1.82) is 0 Å². The average Bonchev–Trinajstić information content (AvgIpc) is 2.20. The van der Waals surface area contributed by atoms with E-state index in [-0.39, 0.29) is 10.6 Å². The quantitative estimate of drug-likeness (QED) is 0.561. The molecule has 1 rings (SSSR count). The molecule has 0 spiro atoms. The van der Waals surface area contributed by atoms with Gasteiger partial charge in [-0.3, -0.25) is 10.1 Å². The minimum absolute atomic E-state index is 0.160. The lowest BCUT2D eigenvalue weighted by Crippen LogP contribution is -1.94. The smallest absolute Gasteiger partial charge is 0.258 e. The van der Waals surface area contributed by atoms with Crippen molar-refractivity contribution in [3.8, 4) is 0 Å². The molecule has 0 aromatic heterocycles. The summed E-state index contributed by atoms with van der Waals surface area (Å²) in [4.78, 5) is 9.96. The maximum absolute atomic E-state index is 10.3. The first-order valence-electron chi connectivity index (χ1n) is 5.33. The molecule has 84 valence electrons. The average molecular weight is 209 g/mol. The molecule has 3 heteroatoms. The first kappa shape index (κ1) is 13.6. The van der Waals surface area contributed by atoms with Crippen molar-refractivity contribution in [2.24, 2.45) is 5.92 Å². The van der Waals surface area contributed by atoms with Crippen LogP contribution < -0.4 is 0 Å². The van der Waals surface area contributed by atoms with Gasteiger partial charge in [0.15, 0.2) is 0 Å². The molecule has 0 unspecified atom stereocenters. The van der Waals surface area contributed by atoms with E-state index in [0.717, 1.165) is 12.0 Å². The Morgan fingerprint density at radius 2 is 1.67 bits per heavy atom. The molecule has 0 amide bonds. The second-order valence-corrected chi connectivity index (χ2v) is 3.52. The topological polar surface area (TPSA) is 43.1 Å². The predicted molar refractivity (Wildman–Crippen MR) is 63.0 cm³/mol. The van der Waals surface area contributed by atoms with E-state index >= 15 is 0 Å². The molecule has 1 aromatic rings. The lowest BCUT2D eigenvalue weighted by molar-refractivity contribution is -0.384. The Kier molecular flexibility index (Phi) is 6.34.